The molecule has 0 fully saturated rings. The van der Waals surface area contributed by atoms with E-state index in [1.165, 1.54) is 0 Å². The van der Waals surface area contributed by atoms with Crippen molar-refractivity contribution in [2.45, 2.75) is 26.0 Å². The number of rotatable bonds is 4. The van der Waals surface area contributed by atoms with E-state index in [2.05, 4.69) is 5.10 Å². The zero-order valence-corrected chi connectivity index (χ0v) is 10.9. The fraction of sp³-hybridized carbons (Fsp3) is 0.357. The summed E-state index contributed by atoms with van der Waals surface area (Å²) in [6, 6.07) is 7.44. The van der Waals surface area contributed by atoms with Crippen LogP contribution in [0.1, 0.15) is 25.0 Å². The van der Waals surface area contributed by atoms with E-state index in [1.807, 2.05) is 37.4 Å². The van der Waals surface area contributed by atoms with Gasteiger partial charge in [0, 0.05) is 18.3 Å². The second-order valence-corrected chi connectivity index (χ2v) is 4.39. The average molecular weight is 246 g/mol. The lowest BCUT2D eigenvalue weighted by Gasteiger charge is -2.22. The van der Waals surface area contributed by atoms with E-state index in [0.29, 0.717) is 0 Å². The number of benzene rings is 1. The van der Waals surface area contributed by atoms with E-state index in [0.717, 1.165) is 23.4 Å². The van der Waals surface area contributed by atoms with Gasteiger partial charge >= 0.3 is 0 Å². The Kier molecular flexibility index (Phi) is 3.39. The first-order chi connectivity index (χ1) is 8.57. The molecule has 0 bridgehead atoms. The molecule has 0 aliphatic rings. The average Bonchev–Trinajstić information content (AvgIpc) is 2.88. The van der Waals surface area contributed by atoms with Crippen LogP contribution in [0.15, 0.2) is 36.7 Å². The lowest BCUT2D eigenvalue weighted by atomic mass is 9.90. The van der Waals surface area contributed by atoms with Gasteiger partial charge in [0.2, 0.25) is 0 Å². The summed E-state index contributed by atoms with van der Waals surface area (Å²) >= 11 is 0. The summed E-state index contributed by atoms with van der Waals surface area (Å²) in [6.45, 7) is 4.56. The summed E-state index contributed by atoms with van der Waals surface area (Å²) in [7, 11) is 1.61. The second-order valence-electron chi connectivity index (χ2n) is 4.39. The summed E-state index contributed by atoms with van der Waals surface area (Å²) in [5.41, 5.74) is 0.497. The molecular weight excluding hydrogens is 228 g/mol. The third-order valence-electron chi connectivity index (χ3n) is 3.15. The monoisotopic (exact) mass is 246 g/mol. The van der Waals surface area contributed by atoms with Crippen LogP contribution in [0.5, 0.6) is 5.75 Å². The standard InChI is InChI=1S/C14H18N2O2/c1-4-16-10-12(9-15-16)14(2,17)11-6-5-7-13(8-11)18-3/h5-10,17H,4H2,1-3H3. The van der Waals surface area contributed by atoms with Gasteiger partial charge in [0.15, 0.2) is 0 Å². The Hall–Kier alpha value is -1.81. The molecule has 96 valence electrons. The molecule has 18 heavy (non-hydrogen) atoms. The van der Waals surface area contributed by atoms with Crippen molar-refractivity contribution < 1.29 is 9.84 Å². The maximum absolute atomic E-state index is 10.7. The maximum Gasteiger partial charge on any atom is 0.119 e. The van der Waals surface area contributed by atoms with Crippen molar-refractivity contribution >= 4 is 0 Å². The zero-order chi connectivity index (χ0) is 13.2. The lowest BCUT2D eigenvalue weighted by Crippen LogP contribution is -2.22. The van der Waals surface area contributed by atoms with Gasteiger partial charge in [0.05, 0.1) is 13.3 Å². The number of aryl methyl sites for hydroxylation is 1. The van der Waals surface area contributed by atoms with Crippen molar-refractivity contribution in [2.24, 2.45) is 0 Å². The number of aromatic nitrogens is 2. The molecule has 0 amide bonds. The van der Waals surface area contributed by atoms with Gasteiger partial charge in [-0.15, -0.1) is 0 Å². The molecule has 1 aromatic heterocycles. The molecule has 0 radical (unpaired) electrons. The molecule has 0 aliphatic carbocycles. The quantitative estimate of drug-likeness (QED) is 0.899. The van der Waals surface area contributed by atoms with Crippen molar-refractivity contribution in [1.82, 2.24) is 9.78 Å². The molecule has 1 aromatic carbocycles. The Labute approximate surface area is 107 Å². The molecule has 1 N–H and O–H groups in total. The Bertz CT molecular complexity index is 532. The minimum absolute atomic E-state index is 0.732. The number of nitrogens with zero attached hydrogens (tertiary/aromatic N) is 2. The van der Waals surface area contributed by atoms with E-state index >= 15 is 0 Å². The topological polar surface area (TPSA) is 47.3 Å². The first kappa shape index (κ1) is 12.6. The molecule has 0 aliphatic heterocycles. The number of ether oxygens (including phenoxy) is 1. The summed E-state index contributed by atoms with van der Waals surface area (Å²) < 4.78 is 6.98. The van der Waals surface area contributed by atoms with Crippen molar-refractivity contribution in [3.63, 3.8) is 0 Å². The Morgan fingerprint density at radius 1 is 1.39 bits per heavy atom. The molecule has 2 aromatic rings. The second kappa shape index (κ2) is 4.82. The van der Waals surface area contributed by atoms with Crippen molar-refractivity contribution in [1.29, 1.82) is 0 Å². The molecule has 0 saturated carbocycles. The first-order valence-corrected chi connectivity index (χ1v) is 5.97. The summed E-state index contributed by atoms with van der Waals surface area (Å²) in [5.74, 6) is 0.732. The Morgan fingerprint density at radius 2 is 2.17 bits per heavy atom. The highest BCUT2D eigenvalue weighted by atomic mass is 16.5. The van der Waals surface area contributed by atoms with E-state index < -0.39 is 5.60 Å². The van der Waals surface area contributed by atoms with Crippen molar-refractivity contribution in [3.05, 3.63) is 47.8 Å². The van der Waals surface area contributed by atoms with Crippen LogP contribution in [-0.2, 0) is 12.1 Å². The largest absolute Gasteiger partial charge is 0.497 e. The molecule has 2 rings (SSSR count). The molecule has 4 nitrogen and oxygen atoms in total. The van der Waals surface area contributed by atoms with Gasteiger partial charge in [-0.1, -0.05) is 12.1 Å². The Morgan fingerprint density at radius 3 is 2.78 bits per heavy atom. The van der Waals surface area contributed by atoms with Gasteiger partial charge in [-0.3, -0.25) is 4.68 Å². The molecule has 1 atom stereocenters. The minimum atomic E-state index is -1.07. The van der Waals surface area contributed by atoms with Gasteiger partial charge < -0.3 is 9.84 Å². The van der Waals surface area contributed by atoms with Gasteiger partial charge in [-0.05, 0) is 31.5 Å². The number of aliphatic hydroxyl groups is 1. The molecular formula is C14H18N2O2. The highest BCUT2D eigenvalue weighted by Crippen LogP contribution is 2.30. The van der Waals surface area contributed by atoms with Crippen molar-refractivity contribution in [3.8, 4) is 5.75 Å². The number of hydrogen-bond acceptors (Lipinski definition) is 3. The molecule has 1 unspecified atom stereocenters. The van der Waals surface area contributed by atoms with Crippen LogP contribution in [0.4, 0.5) is 0 Å². The van der Waals surface area contributed by atoms with E-state index in [9.17, 15) is 5.11 Å². The fourth-order valence-corrected chi connectivity index (χ4v) is 1.88. The van der Waals surface area contributed by atoms with Crippen LogP contribution in [-0.4, -0.2) is 22.0 Å². The van der Waals surface area contributed by atoms with E-state index in [-0.39, 0.29) is 0 Å². The smallest absolute Gasteiger partial charge is 0.119 e. The molecule has 4 heteroatoms. The summed E-state index contributed by atoms with van der Waals surface area (Å²) in [5, 5.41) is 14.9. The molecule has 0 spiro atoms. The highest BCUT2D eigenvalue weighted by molar-refractivity contribution is 5.37. The number of methoxy groups -OCH3 is 1. The predicted molar refractivity (Wildman–Crippen MR) is 69.6 cm³/mol. The fourth-order valence-electron chi connectivity index (χ4n) is 1.88. The maximum atomic E-state index is 10.7. The molecule has 1 heterocycles. The van der Waals surface area contributed by atoms with Crippen LogP contribution in [0.25, 0.3) is 0 Å². The zero-order valence-electron chi connectivity index (χ0n) is 10.9. The van der Waals surface area contributed by atoms with E-state index in [4.69, 9.17) is 4.74 Å². The van der Waals surface area contributed by atoms with Crippen LogP contribution < -0.4 is 4.74 Å². The first-order valence-electron chi connectivity index (χ1n) is 5.97. The van der Waals surface area contributed by atoms with Crippen LogP contribution in [0.2, 0.25) is 0 Å². The highest BCUT2D eigenvalue weighted by Gasteiger charge is 2.27. The third-order valence-corrected chi connectivity index (χ3v) is 3.15. The molecule has 0 saturated heterocycles. The summed E-state index contributed by atoms with van der Waals surface area (Å²) in [6.07, 6.45) is 3.56. The summed E-state index contributed by atoms with van der Waals surface area (Å²) in [4.78, 5) is 0. The van der Waals surface area contributed by atoms with Gasteiger partial charge in [0.1, 0.15) is 11.4 Å². The van der Waals surface area contributed by atoms with Crippen LogP contribution in [0.3, 0.4) is 0 Å². The third kappa shape index (κ3) is 2.24. The van der Waals surface area contributed by atoms with Crippen molar-refractivity contribution in [2.75, 3.05) is 7.11 Å². The predicted octanol–water partition coefficient (Wildman–Crippen LogP) is 2.17. The van der Waals surface area contributed by atoms with E-state index in [1.54, 1.807) is 24.9 Å². The van der Waals surface area contributed by atoms with Crippen LogP contribution >= 0.6 is 0 Å². The van der Waals surface area contributed by atoms with Gasteiger partial charge in [0.25, 0.3) is 0 Å². The van der Waals surface area contributed by atoms with Gasteiger partial charge in [-0.2, -0.15) is 5.10 Å². The minimum Gasteiger partial charge on any atom is -0.497 e. The number of hydrogen-bond donors (Lipinski definition) is 1. The van der Waals surface area contributed by atoms with Crippen LogP contribution in [0, 0.1) is 0 Å². The Balaban J connectivity index is 2.39. The van der Waals surface area contributed by atoms with Gasteiger partial charge in [-0.25, -0.2) is 0 Å². The normalized spacial score (nSPS) is 14.2. The lowest BCUT2D eigenvalue weighted by molar-refractivity contribution is 0.102. The SMILES string of the molecule is CCn1cc(C(C)(O)c2cccc(OC)c2)cn1.